The topological polar surface area (TPSA) is 51.1 Å². The Morgan fingerprint density at radius 3 is 2.69 bits per heavy atom. The van der Waals surface area contributed by atoms with Crippen LogP contribution in [0.25, 0.3) is 0 Å². The fourth-order valence-electron chi connectivity index (χ4n) is 4.69. The number of rotatable bonds is 9. The van der Waals surface area contributed by atoms with Gasteiger partial charge in [-0.2, -0.15) is 0 Å². The van der Waals surface area contributed by atoms with E-state index in [1.165, 1.54) is 31.7 Å². The van der Waals surface area contributed by atoms with Crippen LogP contribution in [0.4, 0.5) is 4.39 Å². The highest BCUT2D eigenvalue weighted by Crippen LogP contribution is 2.29. The molecular formula is C26H31FN2O3. The van der Waals surface area contributed by atoms with Crippen molar-refractivity contribution in [2.24, 2.45) is 11.1 Å². The summed E-state index contributed by atoms with van der Waals surface area (Å²) in [6.45, 7) is 0.611. The van der Waals surface area contributed by atoms with Crippen LogP contribution in [0, 0.1) is 11.7 Å². The van der Waals surface area contributed by atoms with Gasteiger partial charge in [0.1, 0.15) is 11.6 Å². The molecule has 0 radical (unpaired) electrons. The third-order valence-corrected chi connectivity index (χ3v) is 6.49. The second kappa shape index (κ2) is 10.6. The maximum absolute atomic E-state index is 14.3. The number of amides is 1. The normalized spacial score (nSPS) is 18.3. The van der Waals surface area contributed by atoms with Gasteiger partial charge in [-0.1, -0.05) is 61.2 Å². The van der Waals surface area contributed by atoms with Crippen LogP contribution in [0.5, 0.6) is 5.75 Å². The highest BCUT2D eigenvalue weighted by molar-refractivity contribution is 6.03. The van der Waals surface area contributed by atoms with Crippen LogP contribution in [0.1, 0.15) is 56.1 Å². The van der Waals surface area contributed by atoms with Crippen LogP contribution in [-0.2, 0) is 16.2 Å². The average molecular weight is 439 g/mol. The molecule has 1 aliphatic heterocycles. The van der Waals surface area contributed by atoms with E-state index in [1.807, 2.05) is 24.3 Å². The first-order valence-corrected chi connectivity index (χ1v) is 11.5. The van der Waals surface area contributed by atoms with Gasteiger partial charge in [-0.15, -0.1) is 0 Å². The first-order chi connectivity index (χ1) is 15.6. The van der Waals surface area contributed by atoms with E-state index in [2.05, 4.69) is 5.16 Å². The summed E-state index contributed by atoms with van der Waals surface area (Å²) in [4.78, 5) is 20.6. The molecule has 2 aromatic rings. The summed E-state index contributed by atoms with van der Waals surface area (Å²) in [5, 5.41) is 4.27. The lowest BCUT2D eigenvalue weighted by molar-refractivity contribution is -0.134. The van der Waals surface area contributed by atoms with Crippen molar-refractivity contribution >= 4 is 11.6 Å². The fraction of sp³-hybridized carbons (Fsp3) is 0.462. The van der Waals surface area contributed by atoms with E-state index >= 15 is 0 Å². The maximum Gasteiger partial charge on any atom is 0.223 e. The number of halogens is 1. The van der Waals surface area contributed by atoms with Gasteiger partial charge in [0.05, 0.1) is 19.4 Å². The van der Waals surface area contributed by atoms with Gasteiger partial charge < -0.3 is 14.5 Å². The molecule has 0 spiro atoms. The Labute approximate surface area is 189 Å². The minimum atomic E-state index is -0.292. The van der Waals surface area contributed by atoms with Crippen molar-refractivity contribution in [1.82, 2.24) is 4.90 Å². The Morgan fingerprint density at radius 2 is 1.91 bits per heavy atom. The molecule has 1 atom stereocenters. The summed E-state index contributed by atoms with van der Waals surface area (Å²) >= 11 is 0. The van der Waals surface area contributed by atoms with Gasteiger partial charge in [0.25, 0.3) is 0 Å². The average Bonchev–Trinajstić information content (AvgIpc) is 3.50. The lowest BCUT2D eigenvalue weighted by Gasteiger charge is -2.26. The van der Waals surface area contributed by atoms with E-state index in [0.717, 1.165) is 23.4 Å². The third kappa shape index (κ3) is 5.47. The van der Waals surface area contributed by atoms with Gasteiger partial charge in [0.15, 0.2) is 6.10 Å². The molecular weight excluding hydrogens is 407 g/mol. The second-order valence-corrected chi connectivity index (χ2v) is 8.72. The van der Waals surface area contributed by atoms with Crippen LogP contribution in [0.3, 0.4) is 0 Å². The van der Waals surface area contributed by atoms with E-state index in [4.69, 9.17) is 9.57 Å². The molecule has 1 fully saturated rings. The van der Waals surface area contributed by atoms with E-state index in [9.17, 15) is 9.18 Å². The number of carbonyl (C=O) groups excluding carboxylic acids is 1. The van der Waals surface area contributed by atoms with E-state index in [1.54, 1.807) is 30.2 Å². The Balaban J connectivity index is 1.42. The van der Waals surface area contributed by atoms with Gasteiger partial charge in [0.2, 0.25) is 5.91 Å². The van der Waals surface area contributed by atoms with Crippen molar-refractivity contribution in [2.75, 3.05) is 13.7 Å². The molecule has 2 aromatic carbocycles. The standard InChI is InChI=1S/C26H31FN2O3/c1-31-25-13-7-5-11-22(25)24-16-21(32-28-24)18-29(17-20-10-4-6-12-23(20)27)26(30)15-14-19-8-2-3-9-19/h4-7,10-13,19,21H,2-3,8-9,14-18H2,1H3/t21-/m1/s1. The van der Waals surface area contributed by atoms with Crippen molar-refractivity contribution in [3.8, 4) is 5.75 Å². The minimum Gasteiger partial charge on any atom is -0.496 e. The molecule has 32 heavy (non-hydrogen) atoms. The van der Waals surface area contributed by atoms with Crippen LogP contribution in [-0.4, -0.2) is 36.3 Å². The summed E-state index contributed by atoms with van der Waals surface area (Å²) in [5.41, 5.74) is 2.22. The van der Waals surface area contributed by atoms with E-state index in [-0.39, 0.29) is 24.4 Å². The molecule has 0 bridgehead atoms. The van der Waals surface area contributed by atoms with Gasteiger partial charge >= 0.3 is 0 Å². The molecule has 0 N–H and O–H groups in total. The Kier molecular flexibility index (Phi) is 7.40. The molecule has 1 saturated carbocycles. The highest BCUT2D eigenvalue weighted by atomic mass is 19.1. The van der Waals surface area contributed by atoms with Gasteiger partial charge in [-0.05, 0) is 30.5 Å². The van der Waals surface area contributed by atoms with Crippen LogP contribution < -0.4 is 4.74 Å². The van der Waals surface area contributed by atoms with Crippen molar-refractivity contribution in [3.63, 3.8) is 0 Å². The zero-order valence-corrected chi connectivity index (χ0v) is 18.6. The molecule has 5 nitrogen and oxygen atoms in total. The summed E-state index contributed by atoms with van der Waals surface area (Å²) in [5.74, 6) is 1.14. The molecule has 1 heterocycles. The quantitative estimate of drug-likeness (QED) is 0.532. The van der Waals surface area contributed by atoms with Crippen molar-refractivity contribution in [1.29, 1.82) is 0 Å². The molecule has 6 heteroatoms. The number of benzene rings is 2. The molecule has 170 valence electrons. The maximum atomic E-state index is 14.3. The first kappa shape index (κ1) is 22.3. The Morgan fingerprint density at radius 1 is 1.16 bits per heavy atom. The number of ether oxygens (including phenoxy) is 1. The van der Waals surface area contributed by atoms with Crippen molar-refractivity contribution in [2.45, 2.75) is 57.6 Å². The lowest BCUT2D eigenvalue weighted by atomic mass is 10.0. The minimum absolute atomic E-state index is 0.0505. The molecule has 1 aliphatic carbocycles. The van der Waals surface area contributed by atoms with Crippen LogP contribution >= 0.6 is 0 Å². The van der Waals surface area contributed by atoms with E-state index < -0.39 is 0 Å². The summed E-state index contributed by atoms with van der Waals surface area (Å²) in [6.07, 6.45) is 6.65. The molecule has 0 saturated heterocycles. The Hall–Kier alpha value is -2.89. The number of hydrogen-bond acceptors (Lipinski definition) is 4. The zero-order valence-electron chi connectivity index (χ0n) is 18.6. The van der Waals surface area contributed by atoms with E-state index in [0.29, 0.717) is 30.9 Å². The van der Waals surface area contributed by atoms with Crippen molar-refractivity contribution in [3.05, 3.63) is 65.5 Å². The number of carbonyl (C=O) groups is 1. The molecule has 2 aliphatic rings. The van der Waals surface area contributed by atoms with Gasteiger partial charge in [-0.3, -0.25) is 4.79 Å². The smallest absolute Gasteiger partial charge is 0.223 e. The SMILES string of the molecule is COc1ccccc1C1=NO[C@@H](CN(Cc2ccccc2F)C(=O)CCC2CCCC2)C1. The number of hydrogen-bond donors (Lipinski definition) is 0. The lowest BCUT2D eigenvalue weighted by Crippen LogP contribution is -2.37. The zero-order chi connectivity index (χ0) is 22.3. The number of methoxy groups -OCH3 is 1. The largest absolute Gasteiger partial charge is 0.496 e. The van der Waals surface area contributed by atoms with Crippen molar-refractivity contribution < 1.29 is 18.8 Å². The molecule has 0 aromatic heterocycles. The number of para-hydroxylation sites is 1. The third-order valence-electron chi connectivity index (χ3n) is 6.49. The second-order valence-electron chi connectivity index (χ2n) is 8.72. The summed E-state index contributed by atoms with van der Waals surface area (Å²) in [7, 11) is 1.63. The summed E-state index contributed by atoms with van der Waals surface area (Å²) < 4.78 is 19.8. The van der Waals surface area contributed by atoms with Gasteiger partial charge in [-0.25, -0.2) is 4.39 Å². The highest BCUT2D eigenvalue weighted by Gasteiger charge is 2.29. The first-order valence-electron chi connectivity index (χ1n) is 11.5. The van der Waals surface area contributed by atoms with Crippen LogP contribution in [0.15, 0.2) is 53.7 Å². The molecule has 4 rings (SSSR count). The number of nitrogens with zero attached hydrogens (tertiary/aromatic N) is 2. The number of oxime groups is 1. The monoisotopic (exact) mass is 438 g/mol. The van der Waals surface area contributed by atoms with Gasteiger partial charge in [0, 0.05) is 30.5 Å². The molecule has 0 unspecified atom stereocenters. The van der Waals surface area contributed by atoms with Crippen LogP contribution in [0.2, 0.25) is 0 Å². The predicted molar refractivity (Wildman–Crippen MR) is 122 cm³/mol. The summed E-state index contributed by atoms with van der Waals surface area (Å²) in [6, 6.07) is 14.3. The molecule has 1 amide bonds. The Bertz CT molecular complexity index is 956. The predicted octanol–water partition coefficient (Wildman–Crippen LogP) is 5.33. The fourth-order valence-corrected chi connectivity index (χ4v) is 4.69.